The highest BCUT2D eigenvalue weighted by atomic mass is 32.1. The zero-order valence-corrected chi connectivity index (χ0v) is 11.6. The van der Waals surface area contributed by atoms with Gasteiger partial charge in [-0.1, -0.05) is 6.07 Å². The minimum Gasteiger partial charge on any atom is -0.398 e. The summed E-state index contributed by atoms with van der Waals surface area (Å²) in [6, 6.07) is 7.60. The summed E-state index contributed by atoms with van der Waals surface area (Å²) in [5, 5.41) is 2.95. The van der Waals surface area contributed by atoms with Crippen LogP contribution in [0.15, 0.2) is 24.3 Å². The normalized spacial score (nSPS) is 13.3. The van der Waals surface area contributed by atoms with E-state index in [2.05, 4.69) is 5.32 Å². The van der Waals surface area contributed by atoms with Crippen LogP contribution in [-0.2, 0) is 12.8 Å². The van der Waals surface area contributed by atoms with Gasteiger partial charge in [0.05, 0.1) is 4.88 Å². The lowest BCUT2D eigenvalue weighted by molar-refractivity contribution is 0.103. The molecule has 19 heavy (non-hydrogen) atoms. The second-order valence-electron chi connectivity index (χ2n) is 4.89. The van der Waals surface area contributed by atoms with Crippen LogP contribution < -0.4 is 11.1 Å². The van der Waals surface area contributed by atoms with Crippen molar-refractivity contribution < 1.29 is 4.79 Å². The largest absolute Gasteiger partial charge is 0.398 e. The third kappa shape index (κ3) is 2.24. The molecule has 3 N–H and O–H groups in total. The highest BCUT2D eigenvalue weighted by Gasteiger charge is 2.18. The predicted molar refractivity (Wildman–Crippen MR) is 79.9 cm³/mol. The molecule has 1 aromatic carbocycles. The van der Waals surface area contributed by atoms with E-state index in [1.165, 1.54) is 16.9 Å². The number of nitrogens with one attached hydrogen (secondary N) is 1. The molecule has 2 aromatic rings. The lowest BCUT2D eigenvalue weighted by atomic mass is 10.1. The lowest BCUT2D eigenvalue weighted by Gasteiger charge is -2.09. The Hall–Kier alpha value is -1.81. The van der Waals surface area contributed by atoms with Gasteiger partial charge in [-0.2, -0.15) is 0 Å². The molecule has 0 fully saturated rings. The van der Waals surface area contributed by atoms with Crippen LogP contribution >= 0.6 is 11.3 Å². The van der Waals surface area contributed by atoms with Crippen molar-refractivity contribution in [3.8, 4) is 0 Å². The average Bonchev–Trinajstić information content (AvgIpc) is 2.95. The lowest BCUT2D eigenvalue weighted by Crippen LogP contribution is -2.11. The fourth-order valence-electron chi connectivity index (χ4n) is 2.41. The van der Waals surface area contributed by atoms with Crippen LogP contribution in [0.2, 0.25) is 0 Å². The number of fused-ring (bicyclic) bond motifs is 1. The fourth-order valence-corrected chi connectivity index (χ4v) is 3.56. The topological polar surface area (TPSA) is 55.1 Å². The standard InChI is InChI=1S/C15H16N2OS/c1-9-11(16)5-3-6-12(9)17-15(18)14-8-10-4-2-7-13(10)19-14/h3,5-6,8H,2,4,7,16H2,1H3,(H,17,18). The Bertz CT molecular complexity index is 624. The molecule has 3 nitrogen and oxygen atoms in total. The van der Waals surface area contributed by atoms with Crippen molar-refractivity contribution in [3.05, 3.63) is 45.1 Å². The third-order valence-electron chi connectivity index (χ3n) is 3.59. The number of nitrogen functional groups attached to an aromatic ring is 1. The van der Waals surface area contributed by atoms with Crippen molar-refractivity contribution in [2.45, 2.75) is 26.2 Å². The van der Waals surface area contributed by atoms with E-state index in [9.17, 15) is 4.79 Å². The third-order valence-corrected chi connectivity index (χ3v) is 4.83. The molecule has 0 aliphatic heterocycles. The summed E-state index contributed by atoms with van der Waals surface area (Å²) in [7, 11) is 0. The van der Waals surface area contributed by atoms with Gasteiger partial charge in [-0.25, -0.2) is 0 Å². The molecule has 0 radical (unpaired) electrons. The highest BCUT2D eigenvalue weighted by Crippen LogP contribution is 2.31. The van der Waals surface area contributed by atoms with Crippen LogP contribution in [0.3, 0.4) is 0 Å². The van der Waals surface area contributed by atoms with Crippen molar-refractivity contribution in [3.63, 3.8) is 0 Å². The summed E-state index contributed by atoms with van der Waals surface area (Å²) in [5.41, 5.74) is 9.60. The Balaban J connectivity index is 1.82. The summed E-state index contributed by atoms with van der Waals surface area (Å²) in [6.45, 7) is 1.92. The summed E-state index contributed by atoms with van der Waals surface area (Å²) < 4.78 is 0. The Morgan fingerprint density at radius 2 is 2.21 bits per heavy atom. The molecule has 98 valence electrons. The van der Waals surface area contributed by atoms with Crippen molar-refractivity contribution in [1.82, 2.24) is 0 Å². The van der Waals surface area contributed by atoms with Gasteiger partial charge in [-0.05, 0) is 55.5 Å². The maximum Gasteiger partial charge on any atom is 0.265 e. The SMILES string of the molecule is Cc1c(N)cccc1NC(=O)c1cc2c(s1)CCC2. The van der Waals surface area contributed by atoms with E-state index < -0.39 is 0 Å². The highest BCUT2D eigenvalue weighted by molar-refractivity contribution is 7.14. The molecule has 0 atom stereocenters. The zero-order valence-electron chi connectivity index (χ0n) is 10.8. The first-order valence-corrected chi connectivity index (χ1v) is 7.25. The van der Waals surface area contributed by atoms with Gasteiger partial charge in [-0.3, -0.25) is 4.79 Å². The Morgan fingerprint density at radius 3 is 3.00 bits per heavy atom. The van der Waals surface area contributed by atoms with Gasteiger partial charge >= 0.3 is 0 Å². The van der Waals surface area contributed by atoms with Gasteiger partial charge in [0, 0.05) is 16.3 Å². The Morgan fingerprint density at radius 1 is 1.37 bits per heavy atom. The molecule has 0 spiro atoms. The van der Waals surface area contributed by atoms with E-state index in [1.54, 1.807) is 11.3 Å². The minimum absolute atomic E-state index is 0.0342. The van der Waals surface area contributed by atoms with Crippen molar-refractivity contribution in [1.29, 1.82) is 0 Å². The minimum atomic E-state index is -0.0342. The number of rotatable bonds is 2. The number of hydrogen-bond donors (Lipinski definition) is 2. The molecule has 0 saturated carbocycles. The molecule has 1 aromatic heterocycles. The quantitative estimate of drug-likeness (QED) is 0.823. The van der Waals surface area contributed by atoms with Crippen LogP contribution in [0.25, 0.3) is 0 Å². The maximum absolute atomic E-state index is 12.2. The zero-order chi connectivity index (χ0) is 13.4. The summed E-state index contributed by atoms with van der Waals surface area (Å²) >= 11 is 1.62. The number of aryl methyl sites for hydroxylation is 2. The van der Waals surface area contributed by atoms with Crippen molar-refractivity contribution >= 4 is 28.6 Å². The number of anilines is 2. The Labute approximate surface area is 116 Å². The number of hydrogen-bond acceptors (Lipinski definition) is 3. The van der Waals surface area contributed by atoms with Crippen molar-refractivity contribution in [2.24, 2.45) is 0 Å². The van der Waals surface area contributed by atoms with E-state index in [0.717, 1.165) is 29.0 Å². The second kappa shape index (κ2) is 4.70. The average molecular weight is 272 g/mol. The number of carbonyl (C=O) groups excluding carboxylic acids is 1. The molecule has 0 bridgehead atoms. The van der Waals surface area contributed by atoms with Crippen LogP contribution in [0, 0.1) is 6.92 Å². The van der Waals surface area contributed by atoms with Crippen LogP contribution in [-0.4, -0.2) is 5.91 Å². The molecule has 1 heterocycles. The molecular weight excluding hydrogens is 256 g/mol. The summed E-state index contributed by atoms with van der Waals surface area (Å²) in [6.07, 6.45) is 3.44. The molecule has 1 aliphatic rings. The monoisotopic (exact) mass is 272 g/mol. The number of amides is 1. The number of thiophene rings is 1. The molecule has 3 rings (SSSR count). The fraction of sp³-hybridized carbons (Fsp3) is 0.267. The van der Waals surface area contributed by atoms with E-state index in [4.69, 9.17) is 5.73 Å². The second-order valence-corrected chi connectivity index (χ2v) is 6.02. The van der Waals surface area contributed by atoms with Crippen LogP contribution in [0.5, 0.6) is 0 Å². The summed E-state index contributed by atoms with van der Waals surface area (Å²) in [4.78, 5) is 14.4. The maximum atomic E-state index is 12.2. The summed E-state index contributed by atoms with van der Waals surface area (Å²) in [5.74, 6) is -0.0342. The predicted octanol–water partition coefficient (Wildman–Crippen LogP) is 3.38. The van der Waals surface area contributed by atoms with Gasteiger partial charge in [0.15, 0.2) is 0 Å². The molecular formula is C15H16N2OS. The molecule has 0 saturated heterocycles. The van der Waals surface area contributed by atoms with Crippen molar-refractivity contribution in [2.75, 3.05) is 11.1 Å². The number of benzene rings is 1. The smallest absolute Gasteiger partial charge is 0.265 e. The van der Waals surface area contributed by atoms with Gasteiger partial charge in [0.1, 0.15) is 0 Å². The van der Waals surface area contributed by atoms with Gasteiger partial charge in [-0.15, -0.1) is 11.3 Å². The molecule has 1 amide bonds. The van der Waals surface area contributed by atoms with E-state index in [1.807, 2.05) is 31.2 Å². The van der Waals surface area contributed by atoms with Gasteiger partial charge in [0.25, 0.3) is 5.91 Å². The number of nitrogens with two attached hydrogens (primary N) is 1. The first kappa shape index (κ1) is 12.2. The number of carbonyl (C=O) groups is 1. The first-order chi connectivity index (χ1) is 9.15. The molecule has 4 heteroatoms. The first-order valence-electron chi connectivity index (χ1n) is 6.43. The van der Waals surface area contributed by atoms with Crippen LogP contribution in [0.1, 0.15) is 32.1 Å². The Kier molecular flexibility index (Phi) is 3.03. The molecule has 1 aliphatic carbocycles. The van der Waals surface area contributed by atoms with Gasteiger partial charge < -0.3 is 11.1 Å². The van der Waals surface area contributed by atoms with Gasteiger partial charge in [0.2, 0.25) is 0 Å². The van der Waals surface area contributed by atoms with E-state index >= 15 is 0 Å². The van der Waals surface area contributed by atoms with Crippen LogP contribution in [0.4, 0.5) is 11.4 Å². The van der Waals surface area contributed by atoms with E-state index in [0.29, 0.717) is 5.69 Å². The molecule has 0 unspecified atom stereocenters. The van der Waals surface area contributed by atoms with E-state index in [-0.39, 0.29) is 5.91 Å².